The molecular weight excluding hydrogens is 410 g/mol. The van der Waals surface area contributed by atoms with Gasteiger partial charge in [-0.1, -0.05) is 11.6 Å². The van der Waals surface area contributed by atoms with Crippen molar-refractivity contribution in [2.45, 2.75) is 37.8 Å². The topological polar surface area (TPSA) is 65.5 Å². The summed E-state index contributed by atoms with van der Waals surface area (Å²) in [5.41, 5.74) is 0.332. The van der Waals surface area contributed by atoms with Crippen LogP contribution in [0.5, 0.6) is 0 Å². The third-order valence-electron chi connectivity index (χ3n) is 4.68. The van der Waals surface area contributed by atoms with Gasteiger partial charge in [0, 0.05) is 19.2 Å². The molecule has 0 fully saturated rings. The van der Waals surface area contributed by atoms with Crippen molar-refractivity contribution in [1.29, 1.82) is 0 Å². The first-order valence-electron chi connectivity index (χ1n) is 8.99. The van der Waals surface area contributed by atoms with Crippen molar-refractivity contribution in [3.8, 4) is 0 Å². The number of fused-ring (bicyclic) bond motifs is 2. The molecule has 0 spiro atoms. The van der Waals surface area contributed by atoms with Gasteiger partial charge in [0.2, 0.25) is 0 Å². The van der Waals surface area contributed by atoms with Gasteiger partial charge in [-0.15, -0.1) is 11.8 Å². The molecule has 0 aliphatic heterocycles. The van der Waals surface area contributed by atoms with Gasteiger partial charge in [-0.2, -0.15) is 0 Å². The Morgan fingerprint density at radius 1 is 1.31 bits per heavy atom. The summed E-state index contributed by atoms with van der Waals surface area (Å²) < 4.78 is 6.81. The molecule has 0 saturated heterocycles. The zero-order valence-corrected chi connectivity index (χ0v) is 18.1. The average Bonchev–Trinajstić information content (AvgIpc) is 2.70. The highest BCUT2D eigenvalue weighted by Gasteiger charge is 2.29. The van der Waals surface area contributed by atoms with E-state index in [2.05, 4.69) is 9.83 Å². The van der Waals surface area contributed by atoms with Gasteiger partial charge < -0.3 is 14.1 Å². The molecule has 3 aromatic rings. The Labute approximate surface area is 177 Å². The number of rotatable bonds is 5. The number of esters is 1. The van der Waals surface area contributed by atoms with E-state index in [0.717, 1.165) is 0 Å². The van der Waals surface area contributed by atoms with Crippen LogP contribution in [0, 0.1) is 6.57 Å². The van der Waals surface area contributed by atoms with E-state index in [1.165, 1.54) is 11.8 Å². The second-order valence-electron chi connectivity index (χ2n) is 6.94. The zero-order chi connectivity index (χ0) is 21.3. The summed E-state index contributed by atoms with van der Waals surface area (Å²) >= 11 is 7.78. The highest BCUT2D eigenvalue weighted by atomic mass is 35.5. The minimum atomic E-state index is -0.870. The quantitative estimate of drug-likeness (QED) is 0.256. The molecule has 0 aliphatic carbocycles. The molecule has 150 valence electrons. The highest BCUT2D eigenvalue weighted by Crippen LogP contribution is 2.34. The van der Waals surface area contributed by atoms with Crippen molar-refractivity contribution in [2.24, 2.45) is 0 Å². The highest BCUT2D eigenvalue weighted by molar-refractivity contribution is 7.99. The number of benzene rings is 1. The van der Waals surface area contributed by atoms with Crippen LogP contribution in [0.1, 0.15) is 26.5 Å². The van der Waals surface area contributed by atoms with E-state index >= 15 is 0 Å². The SMILES string of the molecule is [C-]#[N+]C(C)(C)c1ccc2c(=O)c3ccc(Cl)c(SC)c3n(CC(=O)OCC)c2n1. The predicted molar refractivity (Wildman–Crippen MR) is 117 cm³/mol. The number of ether oxygens (including phenoxy) is 1. The summed E-state index contributed by atoms with van der Waals surface area (Å²) in [6.45, 7) is 12.8. The van der Waals surface area contributed by atoms with Crippen LogP contribution in [0.25, 0.3) is 26.8 Å². The second kappa shape index (κ2) is 8.05. The summed E-state index contributed by atoms with van der Waals surface area (Å²) in [6, 6.07) is 6.70. The Bertz CT molecular complexity index is 1230. The first-order valence-corrected chi connectivity index (χ1v) is 10.6. The molecule has 1 aromatic carbocycles. The number of halogens is 1. The van der Waals surface area contributed by atoms with Gasteiger partial charge in [-0.3, -0.25) is 9.59 Å². The lowest BCUT2D eigenvalue weighted by molar-refractivity contribution is -0.143. The molecule has 2 aromatic heterocycles. The number of carbonyl (C=O) groups excluding carboxylic acids is 1. The fraction of sp³-hybridized carbons (Fsp3) is 0.333. The number of aromatic nitrogens is 2. The van der Waals surface area contributed by atoms with Crippen LogP contribution in [-0.2, 0) is 21.6 Å². The molecule has 29 heavy (non-hydrogen) atoms. The van der Waals surface area contributed by atoms with Gasteiger partial charge in [0.25, 0.3) is 5.54 Å². The molecule has 3 rings (SSSR count). The Morgan fingerprint density at radius 2 is 2.00 bits per heavy atom. The molecule has 0 atom stereocenters. The standard InChI is InChI=1S/C21H20ClN3O3S/c1-6-28-16(26)11-25-17-12(7-9-14(22)19(17)29-5)18(27)13-8-10-15(24-20(13)25)21(2,3)23-4/h7-10H,6,11H2,1-3,5H3. The summed E-state index contributed by atoms with van der Waals surface area (Å²) in [5.74, 6) is -0.442. The molecule has 6 nitrogen and oxygen atoms in total. The first-order chi connectivity index (χ1) is 13.7. The smallest absolute Gasteiger partial charge is 0.326 e. The van der Waals surface area contributed by atoms with Crippen LogP contribution in [0.3, 0.4) is 0 Å². The monoisotopic (exact) mass is 429 g/mol. The normalized spacial score (nSPS) is 11.6. The summed E-state index contributed by atoms with van der Waals surface area (Å²) in [5, 5.41) is 1.31. The molecular formula is C21H20ClN3O3S. The molecule has 0 aliphatic rings. The van der Waals surface area contributed by atoms with Crippen LogP contribution in [0.15, 0.2) is 34.0 Å². The van der Waals surface area contributed by atoms with E-state index in [1.54, 1.807) is 49.6 Å². The first kappa shape index (κ1) is 21.2. The number of carbonyl (C=O) groups is 1. The van der Waals surface area contributed by atoms with E-state index in [4.69, 9.17) is 22.9 Å². The van der Waals surface area contributed by atoms with E-state index in [0.29, 0.717) is 37.5 Å². The van der Waals surface area contributed by atoms with Gasteiger partial charge in [0.05, 0.1) is 27.4 Å². The van der Waals surface area contributed by atoms with Crippen LogP contribution in [0.2, 0.25) is 5.02 Å². The maximum Gasteiger partial charge on any atom is 0.326 e. The molecule has 0 unspecified atom stereocenters. The fourth-order valence-electron chi connectivity index (χ4n) is 3.16. The summed E-state index contributed by atoms with van der Waals surface area (Å²) in [6.07, 6.45) is 1.86. The molecule has 0 saturated carbocycles. The fourth-order valence-corrected chi connectivity index (χ4v) is 4.22. The van der Waals surface area contributed by atoms with Crippen molar-refractivity contribution >= 4 is 51.3 Å². The summed E-state index contributed by atoms with van der Waals surface area (Å²) in [4.78, 5) is 34.5. The van der Waals surface area contributed by atoms with Gasteiger partial charge in [-0.25, -0.2) is 11.6 Å². The molecule has 0 radical (unpaired) electrons. The van der Waals surface area contributed by atoms with E-state index in [1.807, 2.05) is 6.26 Å². The van der Waals surface area contributed by atoms with E-state index < -0.39 is 11.5 Å². The maximum atomic E-state index is 13.2. The van der Waals surface area contributed by atoms with Crippen molar-refractivity contribution in [2.75, 3.05) is 12.9 Å². The van der Waals surface area contributed by atoms with Crippen LogP contribution in [0.4, 0.5) is 0 Å². The number of nitrogens with zero attached hydrogens (tertiary/aromatic N) is 3. The predicted octanol–water partition coefficient (Wildman–Crippen LogP) is 4.64. The minimum absolute atomic E-state index is 0.121. The average molecular weight is 430 g/mol. The Hall–Kier alpha value is -2.56. The van der Waals surface area contributed by atoms with Gasteiger partial charge >= 0.3 is 5.97 Å². The van der Waals surface area contributed by atoms with Crippen molar-refractivity contribution < 1.29 is 9.53 Å². The second-order valence-corrected chi connectivity index (χ2v) is 8.16. The lowest BCUT2D eigenvalue weighted by Crippen LogP contribution is -2.21. The minimum Gasteiger partial charge on any atom is -0.465 e. The Morgan fingerprint density at radius 3 is 2.62 bits per heavy atom. The van der Waals surface area contributed by atoms with E-state index in [-0.39, 0.29) is 18.6 Å². The largest absolute Gasteiger partial charge is 0.465 e. The number of pyridine rings is 2. The van der Waals surface area contributed by atoms with Gasteiger partial charge in [-0.05, 0) is 37.4 Å². The lowest BCUT2D eigenvalue weighted by Gasteiger charge is -2.18. The van der Waals surface area contributed by atoms with Crippen LogP contribution >= 0.6 is 23.4 Å². The molecule has 2 heterocycles. The molecule has 0 bridgehead atoms. The van der Waals surface area contributed by atoms with Gasteiger partial charge in [0.1, 0.15) is 17.9 Å². The number of hydrogen-bond donors (Lipinski definition) is 0. The van der Waals surface area contributed by atoms with Crippen LogP contribution < -0.4 is 5.43 Å². The molecule has 0 N–H and O–H groups in total. The zero-order valence-electron chi connectivity index (χ0n) is 16.6. The molecule has 0 amide bonds. The lowest BCUT2D eigenvalue weighted by atomic mass is 10.0. The number of thioether (sulfide) groups is 1. The van der Waals surface area contributed by atoms with Gasteiger partial charge in [0.15, 0.2) is 5.43 Å². The summed E-state index contributed by atoms with van der Waals surface area (Å²) in [7, 11) is 0. The molecule has 8 heteroatoms. The number of hydrogen-bond acceptors (Lipinski definition) is 5. The third-order valence-corrected chi connectivity index (χ3v) is 5.92. The van der Waals surface area contributed by atoms with Crippen molar-refractivity contribution in [3.63, 3.8) is 0 Å². The van der Waals surface area contributed by atoms with Crippen molar-refractivity contribution in [3.05, 3.63) is 56.6 Å². The van der Waals surface area contributed by atoms with E-state index in [9.17, 15) is 9.59 Å². The Kier molecular flexibility index (Phi) is 5.87. The van der Waals surface area contributed by atoms with Crippen LogP contribution in [-0.4, -0.2) is 28.4 Å². The maximum absolute atomic E-state index is 13.2. The van der Waals surface area contributed by atoms with Crippen molar-refractivity contribution in [1.82, 2.24) is 9.55 Å². The Balaban J connectivity index is 2.51. The third kappa shape index (κ3) is 3.70.